The molecule has 2 heterocycles. The molecule has 1 atom stereocenters. The molecule has 0 aliphatic heterocycles. The summed E-state index contributed by atoms with van der Waals surface area (Å²) in [6.07, 6.45) is 4.81. The van der Waals surface area contributed by atoms with Gasteiger partial charge in [0, 0.05) is 25.2 Å². The minimum atomic E-state index is -0.312. The number of nitrogens with zero attached hydrogens (tertiary/aromatic N) is 4. The predicted molar refractivity (Wildman–Crippen MR) is 83.8 cm³/mol. The number of aromatic nitrogens is 3. The third kappa shape index (κ3) is 3.88. The summed E-state index contributed by atoms with van der Waals surface area (Å²) in [6.45, 7) is 3.88. The molecule has 0 saturated carbocycles. The zero-order chi connectivity index (χ0) is 15.4. The van der Waals surface area contributed by atoms with Crippen LogP contribution >= 0.6 is 11.3 Å². The average Bonchev–Trinajstić information content (AvgIpc) is 2.85. The second-order valence-electron chi connectivity index (χ2n) is 4.78. The Morgan fingerprint density at radius 1 is 1.33 bits per heavy atom. The first-order valence-corrected chi connectivity index (χ1v) is 7.26. The molecular formula is C13H18N6OS. The smallest absolute Gasteiger partial charge is 0.319 e. The van der Waals surface area contributed by atoms with E-state index in [1.807, 2.05) is 32.8 Å². The van der Waals surface area contributed by atoms with Gasteiger partial charge in [-0.05, 0) is 13.8 Å². The molecule has 2 amide bonds. The summed E-state index contributed by atoms with van der Waals surface area (Å²) in [5, 5.41) is 6.48. The molecule has 8 heteroatoms. The molecule has 0 bridgehead atoms. The minimum Gasteiger partial charge on any atom is -0.361 e. The highest BCUT2D eigenvalue weighted by Crippen LogP contribution is 2.21. The van der Waals surface area contributed by atoms with Crippen molar-refractivity contribution in [3.05, 3.63) is 28.6 Å². The van der Waals surface area contributed by atoms with E-state index in [9.17, 15) is 4.79 Å². The molecule has 2 rings (SSSR count). The van der Waals surface area contributed by atoms with E-state index in [4.69, 9.17) is 0 Å². The maximum absolute atomic E-state index is 12.1. The summed E-state index contributed by atoms with van der Waals surface area (Å²) in [5.41, 5.74) is 0.558. The van der Waals surface area contributed by atoms with Crippen LogP contribution in [0.15, 0.2) is 18.7 Å². The van der Waals surface area contributed by atoms with Crippen molar-refractivity contribution in [3.8, 4) is 0 Å². The lowest BCUT2D eigenvalue weighted by Crippen LogP contribution is -2.31. The van der Waals surface area contributed by atoms with Crippen LogP contribution in [-0.4, -0.2) is 35.1 Å². The molecule has 112 valence electrons. The molecule has 0 aromatic carbocycles. The maximum Gasteiger partial charge on any atom is 0.319 e. The van der Waals surface area contributed by atoms with Crippen LogP contribution in [0.5, 0.6) is 0 Å². The van der Waals surface area contributed by atoms with Crippen molar-refractivity contribution >= 4 is 28.9 Å². The van der Waals surface area contributed by atoms with E-state index < -0.39 is 0 Å². The molecule has 2 N–H and O–H groups in total. The number of hydrogen-bond acceptors (Lipinski definition) is 6. The van der Waals surface area contributed by atoms with Crippen molar-refractivity contribution in [2.45, 2.75) is 19.9 Å². The number of anilines is 2. The van der Waals surface area contributed by atoms with E-state index in [1.165, 1.54) is 6.33 Å². The number of carbonyl (C=O) groups excluding carboxylic acids is 1. The van der Waals surface area contributed by atoms with Gasteiger partial charge in [-0.1, -0.05) is 0 Å². The first kappa shape index (κ1) is 15.2. The lowest BCUT2D eigenvalue weighted by molar-refractivity contribution is 0.249. The summed E-state index contributed by atoms with van der Waals surface area (Å²) in [4.78, 5) is 27.3. The van der Waals surface area contributed by atoms with Crippen LogP contribution in [0.3, 0.4) is 0 Å². The highest BCUT2D eigenvalue weighted by atomic mass is 32.1. The Bertz CT molecular complexity index is 627. The van der Waals surface area contributed by atoms with E-state index >= 15 is 0 Å². The van der Waals surface area contributed by atoms with Crippen LogP contribution in [-0.2, 0) is 0 Å². The second-order valence-corrected chi connectivity index (χ2v) is 6.05. The first-order chi connectivity index (χ1) is 9.97. The van der Waals surface area contributed by atoms with E-state index in [2.05, 4.69) is 25.6 Å². The zero-order valence-corrected chi connectivity index (χ0v) is 13.2. The van der Waals surface area contributed by atoms with Crippen LogP contribution in [0.1, 0.15) is 22.9 Å². The number of rotatable bonds is 4. The SMILES string of the molecule is Cc1cnc(C(C)NC(=O)Nc2cncnc2N(C)C)s1. The zero-order valence-electron chi connectivity index (χ0n) is 12.4. The molecule has 21 heavy (non-hydrogen) atoms. The van der Waals surface area contributed by atoms with Crippen molar-refractivity contribution in [3.63, 3.8) is 0 Å². The first-order valence-electron chi connectivity index (χ1n) is 6.44. The van der Waals surface area contributed by atoms with Gasteiger partial charge < -0.3 is 15.5 Å². The van der Waals surface area contributed by atoms with Gasteiger partial charge in [0.15, 0.2) is 5.82 Å². The minimum absolute atomic E-state index is 0.156. The van der Waals surface area contributed by atoms with E-state index in [1.54, 1.807) is 23.7 Å². The van der Waals surface area contributed by atoms with Crippen LogP contribution in [0, 0.1) is 6.92 Å². The quantitative estimate of drug-likeness (QED) is 0.904. The molecule has 0 radical (unpaired) electrons. The summed E-state index contributed by atoms with van der Waals surface area (Å²) < 4.78 is 0. The molecule has 0 aliphatic rings. The van der Waals surface area contributed by atoms with Gasteiger partial charge in [-0.3, -0.25) is 0 Å². The largest absolute Gasteiger partial charge is 0.361 e. The van der Waals surface area contributed by atoms with E-state index in [-0.39, 0.29) is 12.1 Å². The van der Waals surface area contributed by atoms with Gasteiger partial charge in [-0.2, -0.15) is 0 Å². The number of carbonyl (C=O) groups is 1. The van der Waals surface area contributed by atoms with Crippen molar-refractivity contribution in [1.29, 1.82) is 0 Å². The number of hydrogen-bond donors (Lipinski definition) is 2. The molecule has 2 aromatic heterocycles. The monoisotopic (exact) mass is 306 g/mol. The molecule has 0 spiro atoms. The Morgan fingerprint density at radius 2 is 2.10 bits per heavy atom. The van der Waals surface area contributed by atoms with Gasteiger partial charge in [0.1, 0.15) is 17.0 Å². The van der Waals surface area contributed by atoms with Crippen LogP contribution in [0.25, 0.3) is 0 Å². The standard InChI is InChI=1S/C13H18N6OS/c1-8-5-15-12(21-8)9(2)17-13(20)18-10-6-14-7-16-11(10)19(3)4/h5-7,9H,1-4H3,(H2,17,18,20). The maximum atomic E-state index is 12.1. The Morgan fingerprint density at radius 3 is 2.71 bits per heavy atom. The molecular weight excluding hydrogens is 288 g/mol. The fourth-order valence-corrected chi connectivity index (χ4v) is 2.53. The summed E-state index contributed by atoms with van der Waals surface area (Å²) in [6, 6.07) is -0.468. The van der Waals surface area contributed by atoms with Crippen LogP contribution < -0.4 is 15.5 Å². The topological polar surface area (TPSA) is 83.0 Å². The normalized spacial score (nSPS) is 11.8. The third-order valence-electron chi connectivity index (χ3n) is 2.72. The number of nitrogens with one attached hydrogen (secondary N) is 2. The van der Waals surface area contributed by atoms with Gasteiger partial charge >= 0.3 is 6.03 Å². The molecule has 2 aromatic rings. The lowest BCUT2D eigenvalue weighted by atomic mass is 10.3. The fraction of sp³-hybridized carbons (Fsp3) is 0.385. The molecule has 0 fully saturated rings. The Labute approximate surface area is 127 Å². The van der Waals surface area contributed by atoms with Gasteiger partial charge in [-0.25, -0.2) is 19.7 Å². The number of urea groups is 1. The fourth-order valence-electron chi connectivity index (χ4n) is 1.76. The van der Waals surface area contributed by atoms with Gasteiger partial charge in [0.25, 0.3) is 0 Å². The van der Waals surface area contributed by atoms with Crippen molar-refractivity contribution in [2.75, 3.05) is 24.3 Å². The van der Waals surface area contributed by atoms with Gasteiger partial charge in [0.05, 0.1) is 12.2 Å². The Kier molecular flexibility index (Phi) is 4.69. The van der Waals surface area contributed by atoms with Crippen LogP contribution in [0.2, 0.25) is 0 Å². The highest BCUT2D eigenvalue weighted by Gasteiger charge is 2.14. The second kappa shape index (κ2) is 6.49. The van der Waals surface area contributed by atoms with Crippen molar-refractivity contribution in [1.82, 2.24) is 20.3 Å². The summed E-state index contributed by atoms with van der Waals surface area (Å²) in [5.74, 6) is 0.651. The Balaban J connectivity index is 2.02. The summed E-state index contributed by atoms with van der Waals surface area (Å²) >= 11 is 1.57. The predicted octanol–water partition coefficient (Wildman–Crippen LogP) is 2.19. The number of thiazole rings is 1. The van der Waals surface area contributed by atoms with Gasteiger partial charge in [-0.15, -0.1) is 11.3 Å². The molecule has 0 saturated heterocycles. The summed E-state index contributed by atoms with van der Waals surface area (Å²) in [7, 11) is 3.71. The number of aryl methyl sites for hydroxylation is 1. The Hall–Kier alpha value is -2.22. The van der Waals surface area contributed by atoms with Crippen LogP contribution in [0.4, 0.5) is 16.3 Å². The lowest BCUT2D eigenvalue weighted by Gasteiger charge is -2.17. The van der Waals surface area contributed by atoms with Crippen molar-refractivity contribution in [2.24, 2.45) is 0 Å². The van der Waals surface area contributed by atoms with E-state index in [0.29, 0.717) is 11.5 Å². The highest BCUT2D eigenvalue weighted by molar-refractivity contribution is 7.11. The van der Waals surface area contributed by atoms with Crippen molar-refractivity contribution < 1.29 is 4.79 Å². The molecule has 0 aliphatic carbocycles. The number of amides is 2. The third-order valence-corrected chi connectivity index (χ3v) is 3.82. The average molecular weight is 306 g/mol. The van der Waals surface area contributed by atoms with E-state index in [0.717, 1.165) is 9.88 Å². The molecule has 1 unspecified atom stereocenters. The molecule has 7 nitrogen and oxygen atoms in total. The van der Waals surface area contributed by atoms with Gasteiger partial charge in [0.2, 0.25) is 0 Å².